The lowest BCUT2D eigenvalue weighted by Crippen LogP contribution is -3.00. The minimum atomic E-state index is -0.501. The molecule has 0 radical (unpaired) electrons. The van der Waals surface area contributed by atoms with Gasteiger partial charge in [-0.3, -0.25) is 4.90 Å². The molecule has 24 heavy (non-hydrogen) atoms. The Balaban J connectivity index is 0.00000208. The number of hydrogen-bond acceptors (Lipinski definition) is 4. The second-order valence-electron chi connectivity index (χ2n) is 6.45. The smallest absolute Gasteiger partial charge is 0.120 e. The highest BCUT2D eigenvalue weighted by Gasteiger charge is 2.23. The number of β-amino-alcohol motifs (C(OH)–C–C–N with tert-alkyl or cyclic N) is 1. The first-order chi connectivity index (χ1) is 11.1. The Kier molecular flexibility index (Phi) is 6.87. The maximum atomic E-state index is 10.2. The number of aliphatic hydroxyl groups is 1. The standard InChI is InChI=1S/C19H25NO3.ClH/c1-14-10-20(11-15(2)23-14)12-18(21)13-22-19-8-7-16-5-3-4-6-17(16)9-19;/h3-9,14-15,18,21H,10-13H2,1-2H3;1H/p-1. The average molecular weight is 351 g/mol. The van der Waals surface area contributed by atoms with Crippen LogP contribution in [0.25, 0.3) is 10.8 Å². The molecule has 1 N–H and O–H groups in total. The second-order valence-corrected chi connectivity index (χ2v) is 6.45. The van der Waals surface area contributed by atoms with Crippen molar-refractivity contribution in [1.29, 1.82) is 0 Å². The van der Waals surface area contributed by atoms with E-state index in [1.165, 1.54) is 5.39 Å². The van der Waals surface area contributed by atoms with Gasteiger partial charge in [-0.15, -0.1) is 0 Å². The molecule has 0 aliphatic carbocycles. The first-order valence-electron chi connectivity index (χ1n) is 8.27. The molecule has 0 spiro atoms. The van der Waals surface area contributed by atoms with Crippen molar-refractivity contribution in [3.8, 4) is 5.75 Å². The van der Waals surface area contributed by atoms with Crippen LogP contribution < -0.4 is 17.1 Å². The minimum Gasteiger partial charge on any atom is -1.00 e. The molecule has 1 aliphatic rings. The number of aliphatic hydroxyl groups excluding tert-OH is 1. The Bertz CT molecular complexity index is 641. The normalized spacial score (nSPS) is 22.8. The lowest BCUT2D eigenvalue weighted by Gasteiger charge is -2.36. The summed E-state index contributed by atoms with van der Waals surface area (Å²) < 4.78 is 11.5. The van der Waals surface area contributed by atoms with Crippen LogP contribution in [0, 0.1) is 0 Å². The van der Waals surface area contributed by atoms with Gasteiger partial charge >= 0.3 is 0 Å². The van der Waals surface area contributed by atoms with Gasteiger partial charge in [0.1, 0.15) is 18.5 Å². The maximum Gasteiger partial charge on any atom is 0.120 e. The van der Waals surface area contributed by atoms with E-state index in [0.29, 0.717) is 13.2 Å². The third-order valence-electron chi connectivity index (χ3n) is 4.13. The molecule has 0 aromatic heterocycles. The predicted molar refractivity (Wildman–Crippen MR) is 91.9 cm³/mol. The van der Waals surface area contributed by atoms with E-state index >= 15 is 0 Å². The number of benzene rings is 2. The van der Waals surface area contributed by atoms with Crippen molar-refractivity contribution in [3.63, 3.8) is 0 Å². The van der Waals surface area contributed by atoms with Gasteiger partial charge in [0, 0.05) is 19.6 Å². The van der Waals surface area contributed by atoms with Gasteiger partial charge in [-0.2, -0.15) is 0 Å². The molecular weight excluding hydrogens is 326 g/mol. The van der Waals surface area contributed by atoms with Gasteiger partial charge in [0.25, 0.3) is 0 Å². The molecule has 0 saturated carbocycles. The molecule has 3 unspecified atom stereocenters. The summed E-state index contributed by atoms with van der Waals surface area (Å²) in [7, 11) is 0. The zero-order valence-electron chi connectivity index (χ0n) is 14.2. The van der Waals surface area contributed by atoms with E-state index in [1.54, 1.807) is 0 Å². The van der Waals surface area contributed by atoms with Crippen LogP contribution in [0.3, 0.4) is 0 Å². The monoisotopic (exact) mass is 350 g/mol. The summed E-state index contributed by atoms with van der Waals surface area (Å²) in [5.41, 5.74) is 0. The van der Waals surface area contributed by atoms with Gasteiger partial charge in [-0.05, 0) is 36.8 Å². The molecule has 4 nitrogen and oxygen atoms in total. The Morgan fingerprint density at radius 2 is 1.79 bits per heavy atom. The minimum absolute atomic E-state index is 0. The maximum absolute atomic E-state index is 10.2. The summed E-state index contributed by atoms with van der Waals surface area (Å²) in [4.78, 5) is 2.24. The molecule has 2 aromatic carbocycles. The highest BCUT2D eigenvalue weighted by atomic mass is 35.5. The number of fused-ring (bicyclic) bond motifs is 1. The van der Waals surface area contributed by atoms with E-state index in [4.69, 9.17) is 9.47 Å². The SMILES string of the molecule is CC1CN(CC(O)COc2ccc3ccccc3c2)CC(C)O1.[Cl-]. The van der Waals surface area contributed by atoms with Crippen molar-refractivity contribution in [1.82, 2.24) is 4.90 Å². The highest BCUT2D eigenvalue weighted by molar-refractivity contribution is 5.83. The quantitative estimate of drug-likeness (QED) is 0.803. The van der Waals surface area contributed by atoms with Crippen molar-refractivity contribution >= 4 is 10.8 Å². The first kappa shape index (κ1) is 19.0. The van der Waals surface area contributed by atoms with Crippen LogP contribution in [0.15, 0.2) is 42.5 Å². The molecule has 1 saturated heterocycles. The van der Waals surface area contributed by atoms with E-state index < -0.39 is 6.10 Å². The molecule has 5 heteroatoms. The fourth-order valence-corrected chi connectivity index (χ4v) is 3.23. The molecule has 0 amide bonds. The topological polar surface area (TPSA) is 41.9 Å². The summed E-state index contributed by atoms with van der Waals surface area (Å²) in [6.07, 6.45) is -0.0707. The summed E-state index contributed by atoms with van der Waals surface area (Å²) in [6.45, 7) is 6.78. The number of morpholine rings is 1. The number of nitrogens with zero attached hydrogens (tertiary/aromatic N) is 1. The van der Waals surface area contributed by atoms with Gasteiger partial charge in [0.15, 0.2) is 0 Å². The number of rotatable bonds is 5. The molecule has 3 rings (SSSR count). The molecule has 3 atom stereocenters. The van der Waals surface area contributed by atoms with Crippen LogP contribution in [0.1, 0.15) is 13.8 Å². The van der Waals surface area contributed by atoms with Crippen molar-refractivity contribution in [2.75, 3.05) is 26.2 Å². The van der Waals surface area contributed by atoms with Crippen LogP contribution in [0.5, 0.6) is 5.75 Å². The molecule has 1 heterocycles. The molecular formula is C19H25ClNO3-. The summed E-state index contributed by atoms with van der Waals surface area (Å²) in [5, 5.41) is 12.6. The van der Waals surface area contributed by atoms with Crippen LogP contribution in [-0.4, -0.2) is 54.6 Å². The van der Waals surface area contributed by atoms with E-state index in [9.17, 15) is 5.11 Å². The van der Waals surface area contributed by atoms with Crippen molar-refractivity contribution in [2.24, 2.45) is 0 Å². The van der Waals surface area contributed by atoms with Gasteiger partial charge in [0.2, 0.25) is 0 Å². The van der Waals surface area contributed by atoms with Crippen molar-refractivity contribution in [2.45, 2.75) is 32.2 Å². The molecule has 132 valence electrons. The van der Waals surface area contributed by atoms with Crippen LogP contribution in [0.4, 0.5) is 0 Å². The average Bonchev–Trinajstić information content (AvgIpc) is 2.52. The summed E-state index contributed by atoms with van der Waals surface area (Å²) in [5.74, 6) is 0.798. The zero-order valence-corrected chi connectivity index (χ0v) is 14.9. The van der Waals surface area contributed by atoms with E-state index in [0.717, 1.165) is 24.2 Å². The summed E-state index contributed by atoms with van der Waals surface area (Å²) >= 11 is 0. The predicted octanol–water partition coefficient (Wildman–Crippen LogP) is -0.307. The first-order valence-corrected chi connectivity index (χ1v) is 8.27. The lowest BCUT2D eigenvalue weighted by molar-refractivity contribution is -0.0786. The lowest BCUT2D eigenvalue weighted by atomic mass is 10.1. The fraction of sp³-hybridized carbons (Fsp3) is 0.474. The van der Waals surface area contributed by atoms with E-state index in [1.807, 2.05) is 30.3 Å². The zero-order chi connectivity index (χ0) is 16.2. The molecule has 0 bridgehead atoms. The third-order valence-corrected chi connectivity index (χ3v) is 4.13. The van der Waals surface area contributed by atoms with Gasteiger partial charge in [-0.1, -0.05) is 30.3 Å². The largest absolute Gasteiger partial charge is 1.00 e. The Morgan fingerprint density at radius 3 is 2.50 bits per heavy atom. The Labute approximate surface area is 149 Å². The van der Waals surface area contributed by atoms with Crippen LogP contribution in [-0.2, 0) is 4.74 Å². The van der Waals surface area contributed by atoms with Crippen molar-refractivity contribution in [3.05, 3.63) is 42.5 Å². The molecule has 1 aliphatic heterocycles. The van der Waals surface area contributed by atoms with Crippen LogP contribution in [0.2, 0.25) is 0 Å². The van der Waals surface area contributed by atoms with Gasteiger partial charge in [-0.25, -0.2) is 0 Å². The third kappa shape index (κ3) is 5.08. The molecule has 2 aromatic rings. The highest BCUT2D eigenvalue weighted by Crippen LogP contribution is 2.20. The second kappa shape index (κ2) is 8.67. The number of halogens is 1. The van der Waals surface area contributed by atoms with E-state index in [2.05, 4.69) is 30.9 Å². The van der Waals surface area contributed by atoms with E-state index in [-0.39, 0.29) is 24.6 Å². The Morgan fingerprint density at radius 1 is 1.12 bits per heavy atom. The fourth-order valence-electron chi connectivity index (χ4n) is 3.23. The van der Waals surface area contributed by atoms with Crippen LogP contribution >= 0.6 is 0 Å². The number of ether oxygens (including phenoxy) is 2. The summed E-state index contributed by atoms with van der Waals surface area (Å²) in [6, 6.07) is 14.2. The Hall–Kier alpha value is -1.33. The van der Waals surface area contributed by atoms with Crippen molar-refractivity contribution < 1.29 is 27.0 Å². The molecule has 1 fully saturated rings. The van der Waals surface area contributed by atoms with Gasteiger partial charge in [0.05, 0.1) is 12.2 Å². The van der Waals surface area contributed by atoms with Gasteiger partial charge < -0.3 is 27.0 Å². The number of hydrogen-bond donors (Lipinski definition) is 1.